The van der Waals surface area contributed by atoms with Gasteiger partial charge < -0.3 is 15.6 Å². The Morgan fingerprint density at radius 3 is 2.22 bits per heavy atom. The molecule has 0 fully saturated rings. The maximum Gasteiger partial charge on any atom is 0.338 e. The van der Waals surface area contributed by atoms with Gasteiger partial charge in [-0.3, -0.25) is 9.59 Å². The molecule has 1 amide bonds. The van der Waals surface area contributed by atoms with E-state index in [1.54, 1.807) is 24.3 Å². The summed E-state index contributed by atoms with van der Waals surface area (Å²) in [7, 11) is 1.26. The number of ether oxygens (including phenoxy) is 1. The summed E-state index contributed by atoms with van der Waals surface area (Å²) in [6.45, 7) is 1.31. The number of carbonyl (C=O) groups is 3. The minimum Gasteiger partial charge on any atom is -0.481 e. The number of hydrogen-bond donors (Lipinski definition) is 2. The molecule has 18 heavy (non-hydrogen) atoms. The largest absolute Gasteiger partial charge is 0.481 e. The van der Waals surface area contributed by atoms with E-state index < -0.39 is 11.9 Å². The zero-order valence-electron chi connectivity index (χ0n) is 10.2. The Morgan fingerprint density at radius 1 is 1.28 bits per heavy atom. The third kappa shape index (κ3) is 6.26. The number of nitrogens with two attached hydrogens (primary N) is 1. The smallest absolute Gasteiger partial charge is 0.338 e. The molecule has 0 unspecified atom stereocenters. The van der Waals surface area contributed by atoms with E-state index in [1.165, 1.54) is 14.0 Å². The van der Waals surface area contributed by atoms with Crippen molar-refractivity contribution < 1.29 is 24.2 Å². The average Bonchev–Trinajstić information content (AvgIpc) is 2.27. The molecule has 0 aliphatic carbocycles. The molecule has 0 radical (unpaired) electrons. The van der Waals surface area contributed by atoms with Gasteiger partial charge in [-0.15, -0.1) is 0 Å². The van der Waals surface area contributed by atoms with E-state index in [4.69, 9.17) is 5.11 Å². The van der Waals surface area contributed by atoms with Crippen LogP contribution in [-0.4, -0.2) is 30.1 Å². The van der Waals surface area contributed by atoms with Crippen molar-refractivity contribution in [3.05, 3.63) is 35.4 Å². The highest BCUT2D eigenvalue weighted by Crippen LogP contribution is 2.10. The van der Waals surface area contributed by atoms with Crippen molar-refractivity contribution in [1.82, 2.24) is 0 Å². The van der Waals surface area contributed by atoms with Gasteiger partial charge in [0.25, 0.3) is 0 Å². The summed E-state index contributed by atoms with van der Waals surface area (Å²) in [5.41, 5.74) is 5.24. The number of primary amides is 1. The van der Waals surface area contributed by atoms with Gasteiger partial charge in [0.1, 0.15) is 0 Å². The molecular weight excluding hydrogens is 238 g/mol. The van der Waals surface area contributed by atoms with Crippen LogP contribution in [0.5, 0.6) is 0 Å². The zero-order chi connectivity index (χ0) is 14.1. The van der Waals surface area contributed by atoms with Crippen LogP contribution in [0.4, 0.5) is 0 Å². The van der Waals surface area contributed by atoms with E-state index in [0.717, 1.165) is 0 Å². The second-order valence-corrected chi connectivity index (χ2v) is 3.33. The summed E-state index contributed by atoms with van der Waals surface area (Å²) in [6.07, 6.45) is -0.175. The number of benzene rings is 1. The van der Waals surface area contributed by atoms with Crippen molar-refractivity contribution in [1.29, 1.82) is 0 Å². The molecular formula is C12H15NO5. The molecule has 0 aliphatic heterocycles. The Balaban J connectivity index is 0.000000631. The number of esters is 1. The standard InChI is InChI=1S/C10H10O4.C2H5NO/c1-14-10(13)8-5-3-2-4-7(8)6-9(11)12;1-2(3)4/h2-5H,6H2,1H3,(H,11,12);1H3,(H2,3,4). The molecule has 6 heteroatoms. The molecule has 0 spiro atoms. The molecule has 0 heterocycles. The van der Waals surface area contributed by atoms with Gasteiger partial charge in [0.05, 0.1) is 19.1 Å². The van der Waals surface area contributed by atoms with Gasteiger partial charge in [-0.2, -0.15) is 0 Å². The maximum absolute atomic E-state index is 11.2. The van der Waals surface area contributed by atoms with E-state index in [9.17, 15) is 14.4 Å². The molecule has 0 saturated carbocycles. The summed E-state index contributed by atoms with van der Waals surface area (Å²) >= 11 is 0. The minimum absolute atomic E-state index is 0.175. The fourth-order valence-corrected chi connectivity index (χ4v) is 1.15. The van der Waals surface area contributed by atoms with E-state index in [2.05, 4.69) is 10.5 Å². The Labute approximate surface area is 104 Å². The molecule has 98 valence electrons. The quantitative estimate of drug-likeness (QED) is 0.767. The summed E-state index contributed by atoms with van der Waals surface area (Å²) in [4.78, 5) is 30.9. The summed E-state index contributed by atoms with van der Waals surface area (Å²) in [6, 6.07) is 6.49. The second-order valence-electron chi connectivity index (χ2n) is 3.33. The molecule has 0 bridgehead atoms. The van der Waals surface area contributed by atoms with Crippen molar-refractivity contribution in [2.24, 2.45) is 5.73 Å². The lowest BCUT2D eigenvalue weighted by atomic mass is 10.1. The van der Waals surface area contributed by atoms with Gasteiger partial charge in [0.15, 0.2) is 0 Å². The van der Waals surface area contributed by atoms with Crippen molar-refractivity contribution in [2.45, 2.75) is 13.3 Å². The van der Waals surface area contributed by atoms with E-state index in [0.29, 0.717) is 11.1 Å². The lowest BCUT2D eigenvalue weighted by molar-refractivity contribution is -0.136. The second kappa shape index (κ2) is 7.83. The highest BCUT2D eigenvalue weighted by atomic mass is 16.5. The van der Waals surface area contributed by atoms with Crippen LogP contribution in [0.15, 0.2) is 24.3 Å². The van der Waals surface area contributed by atoms with Gasteiger partial charge in [0.2, 0.25) is 5.91 Å². The average molecular weight is 253 g/mol. The Hall–Kier alpha value is -2.37. The first-order chi connectivity index (χ1) is 8.38. The molecule has 1 aromatic carbocycles. The molecule has 0 atom stereocenters. The van der Waals surface area contributed by atoms with E-state index >= 15 is 0 Å². The monoisotopic (exact) mass is 253 g/mol. The van der Waals surface area contributed by atoms with Crippen LogP contribution in [0.2, 0.25) is 0 Å². The molecule has 0 aromatic heterocycles. The predicted molar refractivity (Wildman–Crippen MR) is 64.0 cm³/mol. The summed E-state index contributed by atoms with van der Waals surface area (Å²) < 4.78 is 4.53. The highest BCUT2D eigenvalue weighted by Gasteiger charge is 2.12. The van der Waals surface area contributed by atoms with Crippen molar-refractivity contribution >= 4 is 17.8 Å². The number of hydrogen-bond acceptors (Lipinski definition) is 4. The molecule has 3 N–H and O–H groups in total. The first-order valence-electron chi connectivity index (χ1n) is 5.02. The van der Waals surface area contributed by atoms with Crippen LogP contribution >= 0.6 is 0 Å². The number of carboxylic acids is 1. The molecule has 1 aromatic rings. The number of rotatable bonds is 3. The zero-order valence-corrected chi connectivity index (χ0v) is 10.2. The van der Waals surface area contributed by atoms with Crippen LogP contribution in [-0.2, 0) is 20.7 Å². The van der Waals surface area contributed by atoms with Gasteiger partial charge in [-0.25, -0.2) is 4.79 Å². The van der Waals surface area contributed by atoms with E-state index in [-0.39, 0.29) is 12.3 Å². The Bertz CT molecular complexity index is 438. The molecule has 0 saturated heterocycles. The first-order valence-corrected chi connectivity index (χ1v) is 5.02. The van der Waals surface area contributed by atoms with Gasteiger partial charge in [-0.05, 0) is 11.6 Å². The fourth-order valence-electron chi connectivity index (χ4n) is 1.15. The minimum atomic E-state index is -0.971. The first kappa shape index (κ1) is 15.6. The number of amides is 1. The van der Waals surface area contributed by atoms with Crippen LogP contribution < -0.4 is 5.73 Å². The van der Waals surface area contributed by atoms with Crippen molar-refractivity contribution in [3.8, 4) is 0 Å². The van der Waals surface area contributed by atoms with Crippen LogP contribution in [0, 0.1) is 0 Å². The van der Waals surface area contributed by atoms with Crippen molar-refractivity contribution in [2.75, 3.05) is 7.11 Å². The third-order valence-corrected chi connectivity index (χ3v) is 1.76. The number of carbonyl (C=O) groups excluding carboxylic acids is 2. The molecule has 0 aliphatic rings. The Kier molecular flexibility index (Phi) is 6.80. The number of aliphatic carboxylic acids is 1. The lowest BCUT2D eigenvalue weighted by Crippen LogP contribution is -2.09. The molecule has 1 rings (SSSR count). The van der Waals surface area contributed by atoms with Gasteiger partial charge >= 0.3 is 11.9 Å². The number of carboxylic acid groups (broad SMARTS) is 1. The Morgan fingerprint density at radius 2 is 1.78 bits per heavy atom. The van der Waals surface area contributed by atoms with Crippen LogP contribution in [0.1, 0.15) is 22.8 Å². The SMILES string of the molecule is CC(N)=O.COC(=O)c1ccccc1CC(=O)O. The summed E-state index contributed by atoms with van der Waals surface area (Å²) in [5, 5.41) is 8.59. The third-order valence-electron chi connectivity index (χ3n) is 1.76. The highest BCUT2D eigenvalue weighted by molar-refractivity contribution is 5.92. The normalized spacial score (nSPS) is 8.78. The lowest BCUT2D eigenvalue weighted by Gasteiger charge is -2.04. The molecule has 6 nitrogen and oxygen atoms in total. The summed E-state index contributed by atoms with van der Waals surface area (Å²) in [5.74, 6) is -1.82. The number of methoxy groups -OCH3 is 1. The van der Waals surface area contributed by atoms with Crippen LogP contribution in [0.3, 0.4) is 0 Å². The van der Waals surface area contributed by atoms with E-state index in [1.807, 2.05) is 0 Å². The van der Waals surface area contributed by atoms with Gasteiger partial charge in [-0.1, -0.05) is 18.2 Å². The maximum atomic E-state index is 11.2. The predicted octanol–water partition coefficient (Wildman–Crippen LogP) is 0.592. The fraction of sp³-hybridized carbons (Fsp3) is 0.250. The van der Waals surface area contributed by atoms with Crippen LogP contribution in [0.25, 0.3) is 0 Å². The van der Waals surface area contributed by atoms with Crippen molar-refractivity contribution in [3.63, 3.8) is 0 Å². The topological polar surface area (TPSA) is 107 Å². The van der Waals surface area contributed by atoms with Gasteiger partial charge in [0, 0.05) is 6.92 Å².